The molecule has 0 saturated carbocycles. The maximum absolute atomic E-state index is 11.9. The Balaban J connectivity index is 2.40. The van der Waals surface area contributed by atoms with Gasteiger partial charge in [0.2, 0.25) is 5.91 Å². The fourth-order valence-electron chi connectivity index (χ4n) is 2.19. The van der Waals surface area contributed by atoms with E-state index in [9.17, 15) is 4.79 Å². The number of carbonyl (C=O) groups is 1. The molecule has 2 N–H and O–H groups in total. The predicted octanol–water partition coefficient (Wildman–Crippen LogP) is 2.32. The van der Waals surface area contributed by atoms with Gasteiger partial charge in [0.15, 0.2) is 0 Å². The van der Waals surface area contributed by atoms with Crippen LogP contribution in [0.2, 0.25) is 0 Å². The molecule has 0 aromatic rings. The normalized spacial score (nSPS) is 24.4. The molecular weight excluding hydrogens is 212 g/mol. The van der Waals surface area contributed by atoms with Crippen LogP contribution in [0.5, 0.6) is 0 Å². The van der Waals surface area contributed by atoms with Crippen molar-refractivity contribution in [1.82, 2.24) is 10.6 Å². The van der Waals surface area contributed by atoms with Crippen LogP contribution in [0.1, 0.15) is 53.9 Å². The van der Waals surface area contributed by atoms with Crippen LogP contribution in [0.3, 0.4) is 0 Å². The Kier molecular flexibility index (Phi) is 4.59. The third-order valence-corrected chi connectivity index (χ3v) is 3.57. The van der Waals surface area contributed by atoms with Gasteiger partial charge in [-0.1, -0.05) is 34.6 Å². The van der Waals surface area contributed by atoms with Crippen LogP contribution in [-0.2, 0) is 4.79 Å². The first-order valence-corrected chi connectivity index (χ1v) is 6.71. The quantitative estimate of drug-likeness (QED) is 0.795. The summed E-state index contributed by atoms with van der Waals surface area (Å²) in [7, 11) is 0. The second kappa shape index (κ2) is 5.38. The van der Waals surface area contributed by atoms with Gasteiger partial charge in [0, 0.05) is 19.0 Å². The molecule has 3 nitrogen and oxygen atoms in total. The second-order valence-electron chi connectivity index (χ2n) is 7.13. The average Bonchev–Trinajstić information content (AvgIpc) is 2.17. The second-order valence-corrected chi connectivity index (χ2v) is 7.13. The van der Waals surface area contributed by atoms with E-state index in [1.807, 2.05) is 0 Å². The van der Waals surface area contributed by atoms with Crippen molar-refractivity contribution in [2.75, 3.05) is 13.1 Å². The van der Waals surface area contributed by atoms with Crippen molar-refractivity contribution >= 4 is 5.91 Å². The fraction of sp³-hybridized carbons (Fsp3) is 0.929. The fourth-order valence-corrected chi connectivity index (χ4v) is 2.19. The summed E-state index contributed by atoms with van der Waals surface area (Å²) in [5.41, 5.74) is 0.399. The predicted molar refractivity (Wildman–Crippen MR) is 71.9 cm³/mol. The number of rotatable bonds is 3. The van der Waals surface area contributed by atoms with E-state index in [4.69, 9.17) is 0 Å². The van der Waals surface area contributed by atoms with Crippen LogP contribution >= 0.6 is 0 Å². The van der Waals surface area contributed by atoms with E-state index >= 15 is 0 Å². The molecule has 1 amide bonds. The largest absolute Gasteiger partial charge is 0.353 e. The van der Waals surface area contributed by atoms with E-state index in [0.717, 1.165) is 25.9 Å². The van der Waals surface area contributed by atoms with Crippen molar-refractivity contribution in [3.05, 3.63) is 0 Å². The van der Waals surface area contributed by atoms with Crippen LogP contribution in [-0.4, -0.2) is 25.0 Å². The Labute approximate surface area is 106 Å². The zero-order valence-corrected chi connectivity index (χ0v) is 12.0. The summed E-state index contributed by atoms with van der Waals surface area (Å²) in [6.45, 7) is 12.9. The lowest BCUT2D eigenvalue weighted by Crippen LogP contribution is -2.54. The summed E-state index contributed by atoms with van der Waals surface area (Å²) in [4.78, 5) is 11.9. The van der Waals surface area contributed by atoms with Crippen LogP contribution in [0.25, 0.3) is 0 Å². The minimum atomic E-state index is 0.162. The van der Waals surface area contributed by atoms with Gasteiger partial charge in [-0.15, -0.1) is 0 Å². The number of hydrogen-bond donors (Lipinski definition) is 2. The highest BCUT2D eigenvalue weighted by molar-refractivity contribution is 5.76. The van der Waals surface area contributed by atoms with Crippen molar-refractivity contribution < 1.29 is 4.79 Å². The molecule has 1 fully saturated rings. The van der Waals surface area contributed by atoms with Crippen molar-refractivity contribution in [1.29, 1.82) is 0 Å². The molecule has 1 unspecified atom stereocenters. The zero-order chi connectivity index (χ0) is 13.1. The Morgan fingerprint density at radius 3 is 2.59 bits per heavy atom. The molecule has 0 bridgehead atoms. The highest BCUT2D eigenvalue weighted by atomic mass is 16.1. The number of nitrogens with one attached hydrogen (secondary N) is 2. The van der Waals surface area contributed by atoms with Gasteiger partial charge < -0.3 is 10.6 Å². The summed E-state index contributed by atoms with van der Waals surface area (Å²) in [6, 6.07) is 0.316. The molecule has 0 aromatic heterocycles. The lowest BCUT2D eigenvalue weighted by Gasteiger charge is -2.39. The first kappa shape index (κ1) is 14.5. The highest BCUT2D eigenvalue weighted by Gasteiger charge is 2.33. The summed E-state index contributed by atoms with van der Waals surface area (Å²) < 4.78 is 0. The molecule has 0 spiro atoms. The summed E-state index contributed by atoms with van der Waals surface area (Å²) in [5, 5.41) is 6.59. The van der Waals surface area contributed by atoms with E-state index in [1.165, 1.54) is 0 Å². The van der Waals surface area contributed by atoms with Crippen LogP contribution in [0.4, 0.5) is 0 Å². The van der Waals surface area contributed by atoms with Crippen LogP contribution in [0, 0.1) is 10.8 Å². The van der Waals surface area contributed by atoms with Crippen molar-refractivity contribution in [2.45, 2.75) is 59.9 Å². The molecule has 1 aliphatic heterocycles. The van der Waals surface area contributed by atoms with E-state index in [-0.39, 0.29) is 16.7 Å². The third kappa shape index (κ3) is 5.07. The molecule has 0 aliphatic carbocycles. The van der Waals surface area contributed by atoms with Crippen molar-refractivity contribution in [2.24, 2.45) is 10.8 Å². The van der Waals surface area contributed by atoms with Gasteiger partial charge in [-0.25, -0.2) is 0 Å². The van der Waals surface area contributed by atoms with Crippen molar-refractivity contribution in [3.8, 4) is 0 Å². The molecule has 1 saturated heterocycles. The number of amides is 1. The average molecular weight is 240 g/mol. The minimum Gasteiger partial charge on any atom is -0.353 e. The van der Waals surface area contributed by atoms with Gasteiger partial charge in [-0.3, -0.25) is 4.79 Å². The molecule has 1 rings (SSSR count). The van der Waals surface area contributed by atoms with Gasteiger partial charge in [0.05, 0.1) is 0 Å². The van der Waals surface area contributed by atoms with E-state index in [0.29, 0.717) is 12.5 Å². The summed E-state index contributed by atoms with van der Waals surface area (Å²) >= 11 is 0. The van der Waals surface area contributed by atoms with Crippen LogP contribution in [0.15, 0.2) is 0 Å². The molecule has 3 heteroatoms. The summed E-state index contributed by atoms with van der Waals surface area (Å²) in [6.07, 6.45) is 2.63. The first-order chi connectivity index (χ1) is 7.71. The molecule has 0 aromatic carbocycles. The maximum atomic E-state index is 11.9. The highest BCUT2D eigenvalue weighted by Crippen LogP contribution is 2.25. The Bertz CT molecular complexity index is 266. The van der Waals surface area contributed by atoms with Gasteiger partial charge in [-0.05, 0) is 30.2 Å². The molecule has 100 valence electrons. The molecular formula is C14H28N2O. The van der Waals surface area contributed by atoms with E-state index < -0.39 is 0 Å². The number of hydrogen-bond acceptors (Lipinski definition) is 2. The van der Waals surface area contributed by atoms with Gasteiger partial charge in [0.1, 0.15) is 0 Å². The Hall–Kier alpha value is -0.570. The lowest BCUT2D eigenvalue weighted by molar-refractivity contribution is -0.123. The van der Waals surface area contributed by atoms with Crippen LogP contribution < -0.4 is 10.6 Å². The van der Waals surface area contributed by atoms with Crippen molar-refractivity contribution in [3.63, 3.8) is 0 Å². The van der Waals surface area contributed by atoms with Gasteiger partial charge in [0.25, 0.3) is 0 Å². The molecule has 1 atom stereocenters. The van der Waals surface area contributed by atoms with Gasteiger partial charge in [-0.2, -0.15) is 0 Å². The molecule has 0 radical (unpaired) electrons. The van der Waals surface area contributed by atoms with E-state index in [1.54, 1.807) is 0 Å². The maximum Gasteiger partial charge on any atom is 0.220 e. The monoisotopic (exact) mass is 240 g/mol. The standard InChI is InChI=1S/C14H28N2O/c1-13(2,3)8-6-12(17)16-11-7-9-15-10-14(11,4)5/h11,15H,6-10H2,1-5H3,(H,16,17). The molecule has 1 aliphatic rings. The molecule has 1 heterocycles. The zero-order valence-electron chi connectivity index (χ0n) is 12.0. The minimum absolute atomic E-state index is 0.162. The topological polar surface area (TPSA) is 41.1 Å². The Morgan fingerprint density at radius 1 is 1.41 bits per heavy atom. The smallest absolute Gasteiger partial charge is 0.220 e. The third-order valence-electron chi connectivity index (χ3n) is 3.57. The molecule has 17 heavy (non-hydrogen) atoms. The number of piperidine rings is 1. The Morgan fingerprint density at radius 2 is 2.06 bits per heavy atom. The first-order valence-electron chi connectivity index (χ1n) is 6.71. The lowest BCUT2D eigenvalue weighted by atomic mass is 9.80. The van der Waals surface area contributed by atoms with Gasteiger partial charge >= 0.3 is 0 Å². The SMILES string of the molecule is CC(C)(C)CCC(=O)NC1CCNCC1(C)C. The van der Waals surface area contributed by atoms with E-state index in [2.05, 4.69) is 45.3 Å². The summed E-state index contributed by atoms with van der Waals surface area (Å²) in [5.74, 6) is 0.208. The number of carbonyl (C=O) groups excluding carboxylic acids is 1.